The molecule has 2 fully saturated rings. The summed E-state index contributed by atoms with van der Waals surface area (Å²) in [5.41, 5.74) is 2.24. The summed E-state index contributed by atoms with van der Waals surface area (Å²) in [4.78, 5) is 6.92. The summed E-state index contributed by atoms with van der Waals surface area (Å²) < 4.78 is 6.03. The fourth-order valence-electron chi connectivity index (χ4n) is 2.86. The Morgan fingerprint density at radius 2 is 2.20 bits per heavy atom. The molecule has 1 saturated carbocycles. The van der Waals surface area contributed by atoms with Crippen molar-refractivity contribution in [2.24, 2.45) is 5.92 Å². The van der Waals surface area contributed by atoms with E-state index in [0.29, 0.717) is 6.04 Å². The maximum atomic E-state index is 6.03. The molecule has 0 radical (unpaired) electrons. The van der Waals surface area contributed by atoms with Gasteiger partial charge in [0.05, 0.1) is 11.6 Å². The van der Waals surface area contributed by atoms with Crippen molar-refractivity contribution < 1.29 is 4.74 Å². The maximum absolute atomic E-state index is 6.03. The van der Waals surface area contributed by atoms with E-state index in [9.17, 15) is 0 Å². The molecule has 1 aliphatic heterocycles. The Hall–Kier alpha value is -1.61. The lowest BCUT2D eigenvalue weighted by Gasteiger charge is -2.11. The zero-order valence-electron chi connectivity index (χ0n) is 11.9. The van der Waals surface area contributed by atoms with Crippen LogP contribution in [-0.4, -0.2) is 35.6 Å². The van der Waals surface area contributed by atoms with Gasteiger partial charge in [-0.1, -0.05) is 6.07 Å². The number of rotatable bonds is 5. The van der Waals surface area contributed by atoms with Crippen LogP contribution in [0.25, 0.3) is 10.9 Å². The van der Waals surface area contributed by atoms with Crippen molar-refractivity contribution in [3.8, 4) is 5.75 Å². The van der Waals surface area contributed by atoms with Crippen molar-refractivity contribution in [3.05, 3.63) is 36.0 Å². The van der Waals surface area contributed by atoms with Gasteiger partial charge in [0.15, 0.2) is 0 Å². The van der Waals surface area contributed by atoms with Crippen LogP contribution in [0.1, 0.15) is 18.4 Å². The van der Waals surface area contributed by atoms with Crippen LogP contribution < -0.4 is 4.74 Å². The summed E-state index contributed by atoms with van der Waals surface area (Å²) in [6, 6.07) is 8.84. The highest BCUT2D eigenvalue weighted by molar-refractivity contribution is 5.84. The number of aromatic nitrogens is 1. The van der Waals surface area contributed by atoms with Gasteiger partial charge in [-0.3, -0.25) is 9.88 Å². The molecule has 3 nitrogen and oxygen atoms in total. The molecule has 0 spiro atoms. The predicted octanol–water partition coefficient (Wildman–Crippen LogP) is 3.02. The fourth-order valence-corrected chi connectivity index (χ4v) is 2.86. The highest BCUT2D eigenvalue weighted by atomic mass is 16.5. The third-order valence-electron chi connectivity index (χ3n) is 4.45. The first kappa shape index (κ1) is 12.2. The van der Waals surface area contributed by atoms with Crippen LogP contribution in [0.3, 0.4) is 0 Å². The molecule has 0 bridgehead atoms. The van der Waals surface area contributed by atoms with Gasteiger partial charge in [0.25, 0.3) is 0 Å². The summed E-state index contributed by atoms with van der Waals surface area (Å²) in [6.07, 6.45) is 4.70. The number of ether oxygens (including phenoxy) is 1. The maximum Gasteiger partial charge on any atom is 0.123 e. The molecular formula is C17H20N2O. The van der Waals surface area contributed by atoms with Gasteiger partial charge < -0.3 is 4.74 Å². The first-order chi connectivity index (χ1) is 9.81. The van der Waals surface area contributed by atoms with Crippen LogP contribution in [0.2, 0.25) is 0 Å². The lowest BCUT2D eigenvalue weighted by atomic mass is 10.1. The van der Waals surface area contributed by atoms with Crippen LogP contribution in [-0.2, 0) is 0 Å². The minimum Gasteiger partial charge on any atom is -0.492 e. The Balaban J connectivity index is 1.42. The van der Waals surface area contributed by atoms with E-state index in [1.165, 1.54) is 36.9 Å². The average Bonchev–Trinajstić information content (AvgIpc) is 3.38. The first-order valence-electron chi connectivity index (χ1n) is 7.52. The second-order valence-corrected chi connectivity index (χ2v) is 6.12. The predicted molar refractivity (Wildman–Crippen MR) is 80.1 cm³/mol. The molecule has 0 amide bonds. The van der Waals surface area contributed by atoms with Gasteiger partial charge in [-0.15, -0.1) is 0 Å². The number of fused-ring (bicyclic) bond motifs is 1. The summed E-state index contributed by atoms with van der Waals surface area (Å²) in [6.45, 7) is 5.44. The van der Waals surface area contributed by atoms with Gasteiger partial charge in [-0.25, -0.2) is 0 Å². The molecule has 4 rings (SSSR count). The smallest absolute Gasteiger partial charge is 0.123 e. The molecule has 20 heavy (non-hydrogen) atoms. The fraction of sp³-hybridized carbons (Fsp3) is 0.471. The molecule has 104 valence electrons. The van der Waals surface area contributed by atoms with Crippen LogP contribution in [0.4, 0.5) is 0 Å². The van der Waals surface area contributed by atoms with Gasteiger partial charge in [-0.2, -0.15) is 0 Å². The lowest BCUT2D eigenvalue weighted by molar-refractivity contribution is 0.291. The molecule has 2 aliphatic rings. The Labute approximate surface area is 119 Å². The third-order valence-corrected chi connectivity index (χ3v) is 4.45. The standard InChI is InChI=1S/C17H20N2O/c1-12-15-3-2-8-18-16(15)6-7-17(12)20-11-14-10-19(14)9-13-4-5-13/h2-3,6-8,13-14H,4-5,9-11H2,1H3. The highest BCUT2D eigenvalue weighted by Crippen LogP contribution is 2.34. The number of hydrogen-bond acceptors (Lipinski definition) is 3. The number of benzene rings is 1. The largest absolute Gasteiger partial charge is 0.492 e. The van der Waals surface area contributed by atoms with Gasteiger partial charge in [0, 0.05) is 30.2 Å². The second-order valence-electron chi connectivity index (χ2n) is 6.12. The van der Waals surface area contributed by atoms with E-state index in [1.54, 1.807) is 0 Å². The summed E-state index contributed by atoms with van der Waals surface area (Å²) in [5.74, 6) is 1.98. The molecule has 1 aromatic carbocycles. The molecule has 1 aromatic heterocycles. The number of hydrogen-bond donors (Lipinski definition) is 0. The minimum absolute atomic E-state index is 0.639. The lowest BCUT2D eigenvalue weighted by Crippen LogP contribution is -2.13. The second kappa shape index (κ2) is 4.74. The van der Waals surface area contributed by atoms with E-state index in [4.69, 9.17) is 4.74 Å². The van der Waals surface area contributed by atoms with Crippen LogP contribution in [0, 0.1) is 12.8 Å². The van der Waals surface area contributed by atoms with Crippen molar-refractivity contribution in [1.82, 2.24) is 9.88 Å². The Bertz CT molecular complexity index is 636. The molecule has 1 aliphatic carbocycles. The van der Waals surface area contributed by atoms with E-state index >= 15 is 0 Å². The summed E-state index contributed by atoms with van der Waals surface area (Å²) >= 11 is 0. The number of nitrogens with zero attached hydrogens (tertiary/aromatic N) is 2. The van der Waals surface area contributed by atoms with Crippen molar-refractivity contribution >= 4 is 10.9 Å². The van der Waals surface area contributed by atoms with Crippen LogP contribution in [0.5, 0.6) is 5.75 Å². The van der Waals surface area contributed by atoms with Crippen molar-refractivity contribution in [1.29, 1.82) is 0 Å². The molecule has 3 heteroatoms. The molecule has 2 unspecified atom stereocenters. The highest BCUT2D eigenvalue weighted by Gasteiger charge is 2.38. The molecule has 1 saturated heterocycles. The zero-order valence-corrected chi connectivity index (χ0v) is 11.9. The molecule has 2 heterocycles. The Kier molecular flexibility index (Phi) is 2.88. The summed E-state index contributed by atoms with van der Waals surface area (Å²) in [7, 11) is 0. The molecule has 2 atom stereocenters. The number of pyridine rings is 1. The monoisotopic (exact) mass is 268 g/mol. The number of aryl methyl sites for hydroxylation is 1. The average molecular weight is 268 g/mol. The van der Waals surface area contributed by atoms with E-state index in [1.807, 2.05) is 18.3 Å². The van der Waals surface area contributed by atoms with Crippen molar-refractivity contribution in [2.45, 2.75) is 25.8 Å². The van der Waals surface area contributed by atoms with Crippen LogP contribution >= 0.6 is 0 Å². The molecule has 2 aromatic rings. The van der Waals surface area contributed by atoms with Crippen molar-refractivity contribution in [3.63, 3.8) is 0 Å². The SMILES string of the molecule is Cc1c(OCC2CN2CC2CC2)ccc2ncccc12. The van der Waals surface area contributed by atoms with E-state index < -0.39 is 0 Å². The first-order valence-corrected chi connectivity index (χ1v) is 7.52. The zero-order chi connectivity index (χ0) is 13.5. The van der Waals surface area contributed by atoms with Crippen LogP contribution in [0.15, 0.2) is 30.5 Å². The minimum atomic E-state index is 0.639. The van der Waals surface area contributed by atoms with Gasteiger partial charge in [-0.05, 0) is 43.9 Å². The molecule has 0 N–H and O–H groups in total. The van der Waals surface area contributed by atoms with E-state index in [-0.39, 0.29) is 0 Å². The normalized spacial score (nSPS) is 24.9. The topological polar surface area (TPSA) is 25.1 Å². The molecular weight excluding hydrogens is 248 g/mol. The summed E-state index contributed by atoms with van der Waals surface area (Å²) in [5, 5.41) is 1.19. The third kappa shape index (κ3) is 2.38. The van der Waals surface area contributed by atoms with E-state index in [2.05, 4.69) is 28.9 Å². The quantitative estimate of drug-likeness (QED) is 0.779. The van der Waals surface area contributed by atoms with Gasteiger partial charge in [0.2, 0.25) is 0 Å². The van der Waals surface area contributed by atoms with E-state index in [0.717, 1.165) is 23.8 Å². The Morgan fingerprint density at radius 1 is 1.30 bits per heavy atom. The van der Waals surface area contributed by atoms with Crippen molar-refractivity contribution in [2.75, 3.05) is 19.7 Å². The van der Waals surface area contributed by atoms with Gasteiger partial charge in [0.1, 0.15) is 12.4 Å². The Morgan fingerprint density at radius 3 is 3.05 bits per heavy atom. The van der Waals surface area contributed by atoms with Gasteiger partial charge >= 0.3 is 0 Å².